The number of carbonyl (C=O) groups is 3. The molecular weight excluding hydrogens is 402 g/mol. The number of imide groups is 1. The highest BCUT2D eigenvalue weighted by Crippen LogP contribution is 2.41. The number of nitrogens with zero attached hydrogens (tertiary/aromatic N) is 1. The predicted octanol–water partition coefficient (Wildman–Crippen LogP) is 4.13. The second kappa shape index (κ2) is 8.85. The van der Waals surface area contributed by atoms with Crippen LogP contribution in [0.25, 0.3) is 0 Å². The molecule has 2 fully saturated rings. The molecule has 1 aromatic heterocycles. The Labute approximate surface area is 189 Å². The molecule has 1 saturated heterocycles. The zero-order chi connectivity index (χ0) is 22.9. The van der Waals surface area contributed by atoms with Crippen LogP contribution in [0.4, 0.5) is 0 Å². The van der Waals surface area contributed by atoms with Crippen molar-refractivity contribution in [3.63, 3.8) is 0 Å². The van der Waals surface area contributed by atoms with E-state index in [2.05, 4.69) is 16.7 Å². The summed E-state index contributed by atoms with van der Waals surface area (Å²) in [6.07, 6.45) is 5.11. The van der Waals surface area contributed by atoms with E-state index in [0.717, 1.165) is 22.5 Å². The Hall–Kier alpha value is -3.02. The molecule has 2 atom stereocenters. The first-order valence-electron chi connectivity index (χ1n) is 11.5. The summed E-state index contributed by atoms with van der Waals surface area (Å²) in [6.45, 7) is 6.22. The van der Waals surface area contributed by atoms with Gasteiger partial charge in [-0.05, 0) is 68.0 Å². The van der Waals surface area contributed by atoms with E-state index in [-0.39, 0.29) is 30.1 Å². The van der Waals surface area contributed by atoms with E-state index >= 15 is 0 Å². The van der Waals surface area contributed by atoms with Gasteiger partial charge in [0.05, 0.1) is 5.41 Å². The van der Waals surface area contributed by atoms with Gasteiger partial charge in [0.25, 0.3) is 5.91 Å². The highest BCUT2D eigenvalue weighted by atomic mass is 16.2. The lowest BCUT2D eigenvalue weighted by molar-refractivity contribution is -0.128. The lowest BCUT2D eigenvalue weighted by Crippen LogP contribution is -2.33. The van der Waals surface area contributed by atoms with Gasteiger partial charge in [-0.1, -0.05) is 31.9 Å². The van der Waals surface area contributed by atoms with Gasteiger partial charge in [0.2, 0.25) is 11.8 Å². The molecule has 0 bridgehead atoms. The maximum atomic E-state index is 12.7. The van der Waals surface area contributed by atoms with E-state index < -0.39 is 5.41 Å². The monoisotopic (exact) mass is 433 g/mol. The summed E-state index contributed by atoms with van der Waals surface area (Å²) in [5.41, 5.74) is 3.94. The maximum absolute atomic E-state index is 12.7. The molecule has 2 N–H and O–H groups in total. The molecule has 3 amide bonds. The number of benzene rings is 1. The second-order valence-electron chi connectivity index (χ2n) is 9.52. The minimum absolute atomic E-state index is 0.138. The Morgan fingerprint density at radius 1 is 1.19 bits per heavy atom. The number of carbonyl (C=O) groups excluding carboxylic acids is 3. The molecule has 6 nitrogen and oxygen atoms in total. The number of pyridine rings is 1. The van der Waals surface area contributed by atoms with E-state index in [1.54, 1.807) is 12.1 Å². The molecule has 2 aliphatic rings. The molecule has 0 radical (unpaired) electrons. The van der Waals surface area contributed by atoms with Crippen molar-refractivity contribution in [3.05, 3.63) is 64.5 Å². The molecule has 32 heavy (non-hydrogen) atoms. The van der Waals surface area contributed by atoms with Gasteiger partial charge in [-0.15, -0.1) is 0 Å². The van der Waals surface area contributed by atoms with Gasteiger partial charge in [0.15, 0.2) is 0 Å². The Morgan fingerprint density at radius 2 is 1.88 bits per heavy atom. The number of nitrogens with one attached hydrogen (secondary N) is 2. The van der Waals surface area contributed by atoms with Crippen LogP contribution in [0.15, 0.2) is 36.4 Å². The quantitative estimate of drug-likeness (QED) is 0.671. The predicted molar refractivity (Wildman–Crippen MR) is 122 cm³/mol. The number of rotatable bonds is 6. The van der Waals surface area contributed by atoms with Crippen molar-refractivity contribution in [1.82, 2.24) is 15.6 Å². The molecule has 2 heterocycles. The average molecular weight is 434 g/mol. The van der Waals surface area contributed by atoms with Crippen LogP contribution in [0.5, 0.6) is 0 Å². The lowest BCUT2D eigenvalue weighted by Gasteiger charge is -2.28. The fourth-order valence-corrected chi connectivity index (χ4v) is 4.95. The lowest BCUT2D eigenvalue weighted by atomic mass is 9.73. The van der Waals surface area contributed by atoms with Crippen LogP contribution >= 0.6 is 0 Å². The first-order chi connectivity index (χ1) is 15.3. The van der Waals surface area contributed by atoms with Crippen molar-refractivity contribution in [1.29, 1.82) is 0 Å². The number of amides is 3. The standard InChI is InChI=1S/C26H31N3O3/c1-16-12-18(13-22(28-16)20-6-4-5-7-20)15-27-24(31)21-10-8-19(9-11-21)17(2)26(3)14-23(30)29-25(26)32/h8-13,17,20H,4-7,14-15H2,1-3H3,(H,27,31)(H,29,30,32)/t17-,26+/m1/s1. The van der Waals surface area contributed by atoms with Crippen LogP contribution in [0.3, 0.4) is 0 Å². The van der Waals surface area contributed by atoms with Crippen molar-refractivity contribution >= 4 is 17.7 Å². The van der Waals surface area contributed by atoms with Gasteiger partial charge in [-0.25, -0.2) is 0 Å². The van der Waals surface area contributed by atoms with Gasteiger partial charge in [0.1, 0.15) is 0 Å². The molecule has 2 aromatic rings. The van der Waals surface area contributed by atoms with E-state index in [1.165, 1.54) is 25.7 Å². The van der Waals surface area contributed by atoms with Crippen LogP contribution in [0, 0.1) is 12.3 Å². The molecule has 1 aliphatic carbocycles. The van der Waals surface area contributed by atoms with E-state index in [1.807, 2.05) is 39.0 Å². The van der Waals surface area contributed by atoms with E-state index in [9.17, 15) is 14.4 Å². The van der Waals surface area contributed by atoms with Crippen LogP contribution < -0.4 is 10.6 Å². The summed E-state index contributed by atoms with van der Waals surface area (Å²) in [4.78, 5) is 41.3. The molecule has 1 aromatic carbocycles. The van der Waals surface area contributed by atoms with Gasteiger partial charge in [0, 0.05) is 35.8 Å². The van der Waals surface area contributed by atoms with Crippen molar-refractivity contribution in [2.45, 2.75) is 71.3 Å². The summed E-state index contributed by atoms with van der Waals surface area (Å²) in [5, 5.41) is 5.41. The Morgan fingerprint density at radius 3 is 2.50 bits per heavy atom. The second-order valence-corrected chi connectivity index (χ2v) is 9.52. The van der Waals surface area contributed by atoms with E-state index in [4.69, 9.17) is 4.98 Å². The third-order valence-corrected chi connectivity index (χ3v) is 7.19. The first-order valence-corrected chi connectivity index (χ1v) is 11.5. The number of aromatic nitrogens is 1. The summed E-state index contributed by atoms with van der Waals surface area (Å²) >= 11 is 0. The topological polar surface area (TPSA) is 88.2 Å². The van der Waals surface area contributed by atoms with Crippen molar-refractivity contribution in [3.8, 4) is 0 Å². The highest BCUT2D eigenvalue weighted by molar-refractivity contribution is 6.06. The zero-order valence-electron chi connectivity index (χ0n) is 19.0. The largest absolute Gasteiger partial charge is 0.348 e. The summed E-state index contributed by atoms with van der Waals surface area (Å²) in [6, 6.07) is 11.5. The average Bonchev–Trinajstić information content (AvgIpc) is 3.40. The molecule has 1 saturated carbocycles. The number of hydrogen-bond donors (Lipinski definition) is 2. The maximum Gasteiger partial charge on any atom is 0.251 e. The highest BCUT2D eigenvalue weighted by Gasteiger charge is 2.46. The van der Waals surface area contributed by atoms with Crippen LogP contribution in [-0.4, -0.2) is 22.7 Å². The van der Waals surface area contributed by atoms with Crippen LogP contribution in [0.2, 0.25) is 0 Å². The minimum Gasteiger partial charge on any atom is -0.348 e. The Kier molecular flexibility index (Phi) is 6.13. The van der Waals surface area contributed by atoms with E-state index in [0.29, 0.717) is 18.0 Å². The van der Waals surface area contributed by atoms with Crippen LogP contribution in [0.1, 0.15) is 90.7 Å². The van der Waals surface area contributed by atoms with Crippen molar-refractivity contribution in [2.75, 3.05) is 0 Å². The van der Waals surface area contributed by atoms with Crippen molar-refractivity contribution in [2.24, 2.45) is 5.41 Å². The Bertz CT molecular complexity index is 1040. The van der Waals surface area contributed by atoms with Gasteiger partial charge < -0.3 is 5.32 Å². The SMILES string of the molecule is Cc1cc(CNC(=O)c2ccc([C@@H](C)[C@]3(C)CC(=O)NC3=O)cc2)cc(C2CCCC2)n1. The van der Waals surface area contributed by atoms with Gasteiger partial charge in [-0.3, -0.25) is 24.7 Å². The molecule has 0 spiro atoms. The molecule has 4 rings (SSSR count). The fraction of sp³-hybridized carbons (Fsp3) is 0.462. The van der Waals surface area contributed by atoms with Crippen LogP contribution in [-0.2, 0) is 16.1 Å². The summed E-state index contributed by atoms with van der Waals surface area (Å²) < 4.78 is 0. The third-order valence-electron chi connectivity index (χ3n) is 7.19. The zero-order valence-corrected chi connectivity index (χ0v) is 19.0. The van der Waals surface area contributed by atoms with Crippen molar-refractivity contribution < 1.29 is 14.4 Å². The summed E-state index contributed by atoms with van der Waals surface area (Å²) in [5.74, 6) is -0.205. The number of hydrogen-bond acceptors (Lipinski definition) is 4. The molecular formula is C26H31N3O3. The normalized spacial score (nSPS) is 22.1. The smallest absolute Gasteiger partial charge is 0.251 e. The minimum atomic E-state index is -0.767. The summed E-state index contributed by atoms with van der Waals surface area (Å²) in [7, 11) is 0. The molecule has 168 valence electrons. The van der Waals surface area contributed by atoms with Gasteiger partial charge in [-0.2, -0.15) is 0 Å². The molecule has 6 heteroatoms. The Balaban J connectivity index is 1.40. The molecule has 0 unspecified atom stereocenters. The number of aryl methyl sites for hydroxylation is 1. The molecule has 1 aliphatic heterocycles. The fourth-order valence-electron chi connectivity index (χ4n) is 4.95. The first kappa shape index (κ1) is 22.2. The third kappa shape index (κ3) is 4.45. The van der Waals surface area contributed by atoms with Gasteiger partial charge >= 0.3 is 0 Å².